The number of anilines is 1. The highest BCUT2D eigenvalue weighted by Crippen LogP contribution is 2.42. The van der Waals surface area contributed by atoms with Gasteiger partial charge in [-0.1, -0.05) is 27.7 Å². The zero-order chi connectivity index (χ0) is 20.3. The Kier molecular flexibility index (Phi) is 4.61. The van der Waals surface area contributed by atoms with Crippen molar-refractivity contribution >= 4 is 33.3 Å². The highest BCUT2D eigenvalue weighted by Gasteiger charge is 2.35. The van der Waals surface area contributed by atoms with Crippen molar-refractivity contribution in [2.45, 2.75) is 65.2 Å². The molecule has 1 atom stereocenters. The van der Waals surface area contributed by atoms with Crippen molar-refractivity contribution in [2.24, 2.45) is 11.8 Å². The molecule has 2 aromatic heterocycles. The molecule has 1 saturated heterocycles. The fraction of sp³-hybridized carbons (Fsp3) is 0.696. The van der Waals surface area contributed by atoms with Crippen LogP contribution >= 0.6 is 11.3 Å². The first-order valence-corrected chi connectivity index (χ1v) is 12.0. The van der Waals surface area contributed by atoms with Gasteiger partial charge in [-0.3, -0.25) is 4.79 Å². The Morgan fingerprint density at radius 1 is 1.07 bits per heavy atom. The summed E-state index contributed by atoms with van der Waals surface area (Å²) in [5.74, 6) is 3.49. The Labute approximate surface area is 177 Å². The summed E-state index contributed by atoms with van der Waals surface area (Å²) >= 11 is 1.89. The van der Waals surface area contributed by atoms with Crippen LogP contribution in [0.5, 0.6) is 0 Å². The fourth-order valence-corrected chi connectivity index (χ4v) is 5.99. The second-order valence-electron chi connectivity index (χ2n) is 10.2. The number of nitrogens with zero attached hydrogens (tertiary/aromatic N) is 4. The lowest BCUT2D eigenvalue weighted by Gasteiger charge is -2.36. The van der Waals surface area contributed by atoms with Crippen molar-refractivity contribution in [2.75, 3.05) is 31.1 Å². The van der Waals surface area contributed by atoms with E-state index in [1.807, 2.05) is 11.3 Å². The Balaban J connectivity index is 1.52. The van der Waals surface area contributed by atoms with Crippen LogP contribution in [-0.4, -0.2) is 47.0 Å². The molecule has 2 aromatic rings. The van der Waals surface area contributed by atoms with E-state index in [4.69, 9.17) is 9.97 Å². The Bertz CT molecular complexity index is 948. The zero-order valence-corrected chi connectivity index (χ0v) is 18.9. The van der Waals surface area contributed by atoms with Crippen LogP contribution in [0.2, 0.25) is 0 Å². The number of aromatic nitrogens is 2. The molecule has 0 bridgehead atoms. The van der Waals surface area contributed by atoms with Crippen molar-refractivity contribution in [1.29, 1.82) is 0 Å². The van der Waals surface area contributed by atoms with Crippen molar-refractivity contribution in [1.82, 2.24) is 14.9 Å². The van der Waals surface area contributed by atoms with E-state index in [0.717, 1.165) is 67.8 Å². The number of amides is 1. The van der Waals surface area contributed by atoms with Gasteiger partial charge in [0.2, 0.25) is 5.91 Å². The highest BCUT2D eigenvalue weighted by atomic mass is 32.1. The van der Waals surface area contributed by atoms with Crippen LogP contribution < -0.4 is 4.90 Å². The number of piperazine rings is 1. The first-order chi connectivity index (χ1) is 13.8. The normalized spacial score (nSPS) is 22.8. The molecule has 3 heterocycles. The smallest absolute Gasteiger partial charge is 0.225 e. The Hall–Kier alpha value is -1.69. The van der Waals surface area contributed by atoms with Crippen LogP contribution in [0.25, 0.3) is 10.2 Å². The van der Waals surface area contributed by atoms with Crippen LogP contribution in [0.3, 0.4) is 0 Å². The van der Waals surface area contributed by atoms with Crippen LogP contribution in [0, 0.1) is 11.8 Å². The zero-order valence-electron chi connectivity index (χ0n) is 18.1. The summed E-state index contributed by atoms with van der Waals surface area (Å²) in [6.45, 7) is 12.3. The summed E-state index contributed by atoms with van der Waals surface area (Å²) in [6.07, 6.45) is 5.73. The number of hydrogen-bond acceptors (Lipinski definition) is 5. The van der Waals surface area contributed by atoms with Gasteiger partial charge >= 0.3 is 0 Å². The third kappa shape index (κ3) is 3.54. The Morgan fingerprint density at radius 3 is 2.45 bits per heavy atom. The third-order valence-corrected chi connectivity index (χ3v) is 7.77. The molecule has 0 aromatic carbocycles. The monoisotopic (exact) mass is 412 g/mol. The molecule has 5 nitrogen and oxygen atoms in total. The highest BCUT2D eigenvalue weighted by molar-refractivity contribution is 7.19. The minimum absolute atomic E-state index is 0.0789. The summed E-state index contributed by atoms with van der Waals surface area (Å²) in [4.78, 5) is 29.8. The van der Waals surface area contributed by atoms with Gasteiger partial charge in [-0.05, 0) is 43.6 Å². The van der Waals surface area contributed by atoms with Gasteiger partial charge in [-0.15, -0.1) is 11.3 Å². The maximum absolute atomic E-state index is 12.5. The lowest BCUT2D eigenvalue weighted by molar-refractivity contribution is -0.132. The second kappa shape index (κ2) is 6.93. The minimum Gasteiger partial charge on any atom is -0.352 e. The van der Waals surface area contributed by atoms with Crippen molar-refractivity contribution in [3.05, 3.63) is 16.3 Å². The first-order valence-electron chi connectivity index (χ1n) is 11.2. The molecule has 29 heavy (non-hydrogen) atoms. The maximum Gasteiger partial charge on any atom is 0.225 e. The minimum atomic E-state index is -0.0789. The van der Waals surface area contributed by atoms with Crippen LogP contribution in [-0.2, 0) is 23.1 Å². The molecule has 0 unspecified atom stereocenters. The summed E-state index contributed by atoms with van der Waals surface area (Å²) in [7, 11) is 0. The average molecular weight is 413 g/mol. The first kappa shape index (κ1) is 19.3. The quantitative estimate of drug-likeness (QED) is 0.743. The van der Waals surface area contributed by atoms with E-state index < -0.39 is 0 Å². The number of thiophene rings is 1. The topological polar surface area (TPSA) is 49.3 Å². The third-order valence-electron chi connectivity index (χ3n) is 6.62. The average Bonchev–Trinajstić information content (AvgIpc) is 3.47. The van der Waals surface area contributed by atoms with Gasteiger partial charge in [0.15, 0.2) is 0 Å². The van der Waals surface area contributed by atoms with Gasteiger partial charge in [-0.25, -0.2) is 9.97 Å². The number of carbonyl (C=O) groups is 1. The molecule has 0 spiro atoms. The van der Waals surface area contributed by atoms with E-state index in [0.29, 0.717) is 11.8 Å². The summed E-state index contributed by atoms with van der Waals surface area (Å²) < 4.78 is 0. The number of hydrogen-bond donors (Lipinski definition) is 0. The second-order valence-corrected chi connectivity index (χ2v) is 11.3. The molecular weight excluding hydrogens is 380 g/mol. The molecule has 0 radical (unpaired) electrons. The predicted octanol–water partition coefficient (Wildman–Crippen LogP) is 4.17. The van der Waals surface area contributed by atoms with Gasteiger partial charge in [-0.2, -0.15) is 0 Å². The molecule has 2 aliphatic carbocycles. The SMILES string of the molecule is C[C@H]1CCc2c(sc3nc(C(C)(C)C)nc(N4CCN(C(=O)C5CC5)CC4)c23)C1. The molecule has 2 fully saturated rings. The van der Waals surface area contributed by atoms with Crippen molar-refractivity contribution < 1.29 is 4.79 Å². The van der Waals surface area contributed by atoms with Crippen LogP contribution in [0.15, 0.2) is 0 Å². The molecular formula is C23H32N4OS. The molecule has 1 saturated carbocycles. The number of carbonyl (C=O) groups excluding carboxylic acids is 1. The van der Waals surface area contributed by atoms with Gasteiger partial charge in [0.1, 0.15) is 16.5 Å². The van der Waals surface area contributed by atoms with Gasteiger partial charge in [0.05, 0.1) is 5.39 Å². The standard InChI is InChI=1S/C23H32N4OS/c1-14-5-8-16-17(13-14)29-20-18(16)19(24-22(25-20)23(2,3)4)26-9-11-27(12-10-26)21(28)15-6-7-15/h14-15H,5-13H2,1-4H3/t14-/m0/s1. The number of fused-ring (bicyclic) bond motifs is 3. The van der Waals surface area contributed by atoms with Crippen LogP contribution in [0.4, 0.5) is 5.82 Å². The Morgan fingerprint density at radius 2 is 1.79 bits per heavy atom. The molecule has 1 amide bonds. The largest absolute Gasteiger partial charge is 0.352 e. The molecule has 6 heteroatoms. The van der Waals surface area contributed by atoms with Gasteiger partial charge < -0.3 is 9.80 Å². The summed E-state index contributed by atoms with van der Waals surface area (Å²) in [6, 6.07) is 0. The van der Waals surface area contributed by atoms with Gasteiger partial charge in [0.25, 0.3) is 0 Å². The summed E-state index contributed by atoms with van der Waals surface area (Å²) in [5, 5.41) is 1.30. The number of aryl methyl sites for hydroxylation is 1. The van der Waals surface area contributed by atoms with E-state index in [1.165, 1.54) is 28.7 Å². The van der Waals surface area contributed by atoms with E-state index in [9.17, 15) is 4.79 Å². The van der Waals surface area contributed by atoms with E-state index in [2.05, 4.69) is 37.5 Å². The van der Waals surface area contributed by atoms with Gasteiger partial charge in [0, 0.05) is 42.4 Å². The van der Waals surface area contributed by atoms with E-state index >= 15 is 0 Å². The molecule has 0 N–H and O–H groups in total. The molecule has 156 valence electrons. The number of rotatable bonds is 2. The molecule has 1 aliphatic heterocycles. The predicted molar refractivity (Wildman–Crippen MR) is 119 cm³/mol. The lowest BCUT2D eigenvalue weighted by Crippen LogP contribution is -2.49. The van der Waals surface area contributed by atoms with Crippen LogP contribution in [0.1, 0.15) is 63.2 Å². The fourth-order valence-electron chi connectivity index (χ4n) is 4.61. The summed E-state index contributed by atoms with van der Waals surface area (Å²) in [5.41, 5.74) is 1.42. The lowest BCUT2D eigenvalue weighted by atomic mass is 9.89. The van der Waals surface area contributed by atoms with Crippen molar-refractivity contribution in [3.63, 3.8) is 0 Å². The maximum atomic E-state index is 12.5. The van der Waals surface area contributed by atoms with E-state index in [1.54, 1.807) is 0 Å². The van der Waals surface area contributed by atoms with E-state index in [-0.39, 0.29) is 5.41 Å². The van der Waals surface area contributed by atoms with Crippen molar-refractivity contribution in [3.8, 4) is 0 Å². The molecule has 3 aliphatic rings. The molecule has 5 rings (SSSR count).